The maximum Gasteiger partial charge on any atom is 0.255 e. The molecule has 0 aliphatic carbocycles. The van der Waals surface area contributed by atoms with Crippen molar-refractivity contribution in [2.45, 2.75) is 6.92 Å². The summed E-state index contributed by atoms with van der Waals surface area (Å²) < 4.78 is 1.06. The Balaban J connectivity index is 2.20. The van der Waals surface area contributed by atoms with Crippen LogP contribution in [-0.2, 0) is 0 Å². The van der Waals surface area contributed by atoms with Crippen LogP contribution in [-0.4, -0.2) is 5.91 Å². The highest BCUT2D eigenvalue weighted by Crippen LogP contribution is 2.15. The number of rotatable bonds is 2. The van der Waals surface area contributed by atoms with Crippen LogP contribution < -0.4 is 5.32 Å². The maximum atomic E-state index is 12.0. The van der Waals surface area contributed by atoms with E-state index in [0.717, 1.165) is 14.8 Å². The molecule has 3 heteroatoms. The molecular formula is C14H12INO. The van der Waals surface area contributed by atoms with E-state index in [1.165, 1.54) is 0 Å². The molecule has 2 aromatic carbocycles. The lowest BCUT2D eigenvalue weighted by Gasteiger charge is -2.08. The van der Waals surface area contributed by atoms with Gasteiger partial charge in [-0.05, 0) is 59.3 Å². The van der Waals surface area contributed by atoms with Crippen molar-refractivity contribution in [3.05, 3.63) is 63.2 Å². The third kappa shape index (κ3) is 3.06. The molecule has 0 aliphatic rings. The molecule has 0 aliphatic heterocycles. The Morgan fingerprint density at radius 2 is 1.88 bits per heavy atom. The van der Waals surface area contributed by atoms with Crippen LogP contribution in [0.25, 0.3) is 0 Å². The van der Waals surface area contributed by atoms with Crippen LogP contribution in [0, 0.1) is 10.5 Å². The van der Waals surface area contributed by atoms with Gasteiger partial charge >= 0.3 is 0 Å². The van der Waals surface area contributed by atoms with Crippen LogP contribution in [0.5, 0.6) is 0 Å². The van der Waals surface area contributed by atoms with Gasteiger partial charge in [0.05, 0.1) is 0 Å². The molecule has 0 aromatic heterocycles. The Labute approximate surface area is 114 Å². The van der Waals surface area contributed by atoms with Gasteiger partial charge < -0.3 is 5.32 Å². The van der Waals surface area contributed by atoms with Crippen LogP contribution in [0.2, 0.25) is 0 Å². The van der Waals surface area contributed by atoms with E-state index in [2.05, 4.69) is 27.9 Å². The number of nitrogens with one attached hydrogen (secondary N) is 1. The summed E-state index contributed by atoms with van der Waals surface area (Å²) in [5.41, 5.74) is 2.60. The van der Waals surface area contributed by atoms with Gasteiger partial charge in [-0.15, -0.1) is 0 Å². The number of amides is 1. The van der Waals surface area contributed by atoms with E-state index in [9.17, 15) is 4.79 Å². The predicted molar refractivity (Wildman–Crippen MR) is 78.3 cm³/mol. The summed E-state index contributed by atoms with van der Waals surface area (Å²) in [4.78, 5) is 12.0. The van der Waals surface area contributed by atoms with Crippen molar-refractivity contribution < 1.29 is 4.79 Å². The molecule has 0 saturated carbocycles. The first kappa shape index (κ1) is 12.1. The van der Waals surface area contributed by atoms with Crippen LogP contribution in [0.4, 0.5) is 5.69 Å². The van der Waals surface area contributed by atoms with Crippen molar-refractivity contribution >= 4 is 34.2 Å². The van der Waals surface area contributed by atoms with E-state index in [4.69, 9.17) is 0 Å². The molecule has 1 amide bonds. The monoisotopic (exact) mass is 337 g/mol. The minimum atomic E-state index is -0.0715. The molecule has 0 radical (unpaired) electrons. The molecule has 0 fully saturated rings. The van der Waals surface area contributed by atoms with Crippen LogP contribution in [0.15, 0.2) is 48.5 Å². The number of anilines is 1. The average Bonchev–Trinajstić information content (AvgIpc) is 2.32. The topological polar surface area (TPSA) is 29.1 Å². The fraction of sp³-hybridized carbons (Fsp3) is 0.0714. The van der Waals surface area contributed by atoms with Gasteiger partial charge in [0.2, 0.25) is 0 Å². The minimum absolute atomic E-state index is 0.0715. The van der Waals surface area contributed by atoms with Gasteiger partial charge in [0.25, 0.3) is 5.91 Å². The van der Waals surface area contributed by atoms with Gasteiger partial charge in [-0.2, -0.15) is 0 Å². The standard InChI is InChI=1S/C14H12INO/c1-10-5-2-3-8-13(10)16-14(17)11-6-4-7-12(15)9-11/h2-9H,1H3,(H,16,17). The normalized spacial score (nSPS) is 10.0. The Morgan fingerprint density at radius 3 is 2.59 bits per heavy atom. The first-order valence-electron chi connectivity index (χ1n) is 5.29. The smallest absolute Gasteiger partial charge is 0.255 e. The summed E-state index contributed by atoms with van der Waals surface area (Å²) in [7, 11) is 0. The van der Waals surface area contributed by atoms with Crippen molar-refractivity contribution in [1.82, 2.24) is 0 Å². The van der Waals surface area contributed by atoms with E-state index in [1.807, 2.05) is 55.5 Å². The molecule has 86 valence electrons. The van der Waals surface area contributed by atoms with Crippen LogP contribution in [0.3, 0.4) is 0 Å². The molecular weight excluding hydrogens is 325 g/mol. The summed E-state index contributed by atoms with van der Waals surface area (Å²) in [5, 5.41) is 2.91. The molecule has 0 heterocycles. The summed E-state index contributed by atoms with van der Waals surface area (Å²) in [6.45, 7) is 1.98. The highest BCUT2D eigenvalue weighted by molar-refractivity contribution is 14.1. The van der Waals surface area contributed by atoms with E-state index >= 15 is 0 Å². The molecule has 1 N–H and O–H groups in total. The second-order valence-electron chi connectivity index (χ2n) is 3.78. The number of hydrogen-bond acceptors (Lipinski definition) is 1. The Morgan fingerprint density at radius 1 is 1.12 bits per heavy atom. The van der Waals surface area contributed by atoms with E-state index in [1.54, 1.807) is 0 Å². The summed E-state index contributed by atoms with van der Waals surface area (Å²) >= 11 is 2.20. The third-order valence-corrected chi connectivity index (χ3v) is 3.15. The first-order valence-corrected chi connectivity index (χ1v) is 6.37. The number of carbonyl (C=O) groups is 1. The number of benzene rings is 2. The number of hydrogen-bond donors (Lipinski definition) is 1. The van der Waals surface area contributed by atoms with Gasteiger partial charge in [0.15, 0.2) is 0 Å². The van der Waals surface area contributed by atoms with Crippen molar-refractivity contribution in [1.29, 1.82) is 0 Å². The number of para-hydroxylation sites is 1. The van der Waals surface area contributed by atoms with Gasteiger partial charge in [-0.25, -0.2) is 0 Å². The Bertz CT molecular complexity index is 551. The van der Waals surface area contributed by atoms with Gasteiger partial charge in [0.1, 0.15) is 0 Å². The molecule has 0 spiro atoms. The average molecular weight is 337 g/mol. The van der Waals surface area contributed by atoms with Crippen molar-refractivity contribution in [3.63, 3.8) is 0 Å². The van der Waals surface area contributed by atoms with Crippen molar-refractivity contribution in [2.75, 3.05) is 5.32 Å². The lowest BCUT2D eigenvalue weighted by atomic mass is 10.1. The molecule has 0 saturated heterocycles. The largest absolute Gasteiger partial charge is 0.322 e. The zero-order chi connectivity index (χ0) is 12.3. The zero-order valence-corrected chi connectivity index (χ0v) is 11.6. The molecule has 0 atom stereocenters. The van der Waals surface area contributed by atoms with Gasteiger partial charge in [0, 0.05) is 14.8 Å². The lowest BCUT2D eigenvalue weighted by Crippen LogP contribution is -2.12. The summed E-state index contributed by atoms with van der Waals surface area (Å²) in [5.74, 6) is -0.0715. The number of carbonyl (C=O) groups excluding carboxylic acids is 1. The summed E-state index contributed by atoms with van der Waals surface area (Å²) in [6, 6.07) is 15.3. The summed E-state index contributed by atoms with van der Waals surface area (Å²) in [6.07, 6.45) is 0. The van der Waals surface area contributed by atoms with E-state index in [-0.39, 0.29) is 5.91 Å². The quantitative estimate of drug-likeness (QED) is 0.829. The fourth-order valence-corrected chi connectivity index (χ4v) is 2.08. The SMILES string of the molecule is Cc1ccccc1NC(=O)c1cccc(I)c1. The van der Waals surface area contributed by atoms with Crippen LogP contribution >= 0.6 is 22.6 Å². The minimum Gasteiger partial charge on any atom is -0.322 e. The van der Waals surface area contributed by atoms with Crippen LogP contribution in [0.1, 0.15) is 15.9 Å². The van der Waals surface area contributed by atoms with Gasteiger partial charge in [-0.1, -0.05) is 24.3 Å². The third-order valence-electron chi connectivity index (χ3n) is 2.48. The fourth-order valence-electron chi connectivity index (χ4n) is 1.54. The van der Waals surface area contributed by atoms with E-state index < -0.39 is 0 Å². The second kappa shape index (κ2) is 5.31. The first-order chi connectivity index (χ1) is 8.16. The molecule has 2 aromatic rings. The van der Waals surface area contributed by atoms with Crippen molar-refractivity contribution in [2.24, 2.45) is 0 Å². The zero-order valence-electron chi connectivity index (χ0n) is 9.41. The molecule has 0 bridgehead atoms. The predicted octanol–water partition coefficient (Wildman–Crippen LogP) is 3.85. The number of halogens is 1. The molecule has 17 heavy (non-hydrogen) atoms. The highest BCUT2D eigenvalue weighted by Gasteiger charge is 2.07. The molecule has 2 rings (SSSR count). The number of aryl methyl sites for hydroxylation is 1. The van der Waals surface area contributed by atoms with E-state index in [0.29, 0.717) is 5.56 Å². The van der Waals surface area contributed by atoms with Crippen molar-refractivity contribution in [3.8, 4) is 0 Å². The molecule has 2 nitrogen and oxygen atoms in total. The lowest BCUT2D eigenvalue weighted by molar-refractivity contribution is 0.102. The Kier molecular flexibility index (Phi) is 3.78. The van der Waals surface area contributed by atoms with Gasteiger partial charge in [-0.3, -0.25) is 4.79 Å². The Hall–Kier alpha value is -1.36. The maximum absolute atomic E-state index is 12.0. The highest BCUT2D eigenvalue weighted by atomic mass is 127. The molecule has 0 unspecified atom stereocenters. The second-order valence-corrected chi connectivity index (χ2v) is 5.03.